The first-order valence-electron chi connectivity index (χ1n) is 9.86. The van der Waals surface area contributed by atoms with Crippen molar-refractivity contribution in [2.24, 2.45) is 5.92 Å². The lowest BCUT2D eigenvalue weighted by Gasteiger charge is -2.18. The Balaban J connectivity index is 2.22. The van der Waals surface area contributed by atoms with E-state index in [9.17, 15) is 4.79 Å². The molecule has 27 heavy (non-hydrogen) atoms. The topological polar surface area (TPSA) is 42.0 Å². The van der Waals surface area contributed by atoms with E-state index in [0.29, 0.717) is 19.1 Å². The summed E-state index contributed by atoms with van der Waals surface area (Å²) in [6, 6.07) is 7.54. The van der Waals surface area contributed by atoms with Gasteiger partial charge in [0, 0.05) is 19.3 Å². The van der Waals surface area contributed by atoms with Gasteiger partial charge in [-0.25, -0.2) is 4.79 Å². The number of benzene rings is 1. The molecule has 0 aliphatic heterocycles. The molecule has 1 aromatic rings. The number of carbonyl (C=O) groups is 1. The minimum Gasteiger partial charge on any atom is -0.494 e. The minimum absolute atomic E-state index is 0.325. The molecule has 0 saturated carbocycles. The Morgan fingerprint density at radius 1 is 1.11 bits per heavy atom. The molecule has 1 rings (SSSR count). The van der Waals surface area contributed by atoms with Crippen LogP contribution in [0.3, 0.4) is 0 Å². The zero-order chi connectivity index (χ0) is 20.1. The number of nitrogens with zero attached hydrogens (tertiary/aromatic N) is 2. The second kappa shape index (κ2) is 13.2. The van der Waals surface area contributed by atoms with Gasteiger partial charge in [0.15, 0.2) is 0 Å². The molecule has 0 aliphatic carbocycles. The molecular weight excluding hydrogens is 340 g/mol. The molecule has 0 aromatic heterocycles. The highest BCUT2D eigenvalue weighted by atomic mass is 16.6. The lowest BCUT2D eigenvalue weighted by atomic mass is 10.2. The standard InChI is InChI=1S/C22H36N2O3/c1-6-15-23(4)16-9-7-8-10-17-26-21-13-11-20(12-14-21)24(5)22(25)27-18-19(2)3/h6,11-14,19H,1,7-10,15-18H2,2-5H3. The van der Waals surface area contributed by atoms with Gasteiger partial charge in [0.25, 0.3) is 0 Å². The van der Waals surface area contributed by atoms with Crippen LogP contribution in [0.1, 0.15) is 39.5 Å². The van der Waals surface area contributed by atoms with Gasteiger partial charge in [0.2, 0.25) is 0 Å². The van der Waals surface area contributed by atoms with E-state index in [-0.39, 0.29) is 6.09 Å². The van der Waals surface area contributed by atoms with Crippen LogP contribution in [0, 0.1) is 5.92 Å². The highest BCUT2D eigenvalue weighted by Crippen LogP contribution is 2.19. The highest BCUT2D eigenvalue weighted by Gasteiger charge is 2.12. The van der Waals surface area contributed by atoms with E-state index in [1.807, 2.05) is 44.2 Å². The predicted octanol–water partition coefficient (Wildman–Crippen LogP) is 4.97. The first-order chi connectivity index (χ1) is 12.9. The van der Waals surface area contributed by atoms with Gasteiger partial charge in [-0.3, -0.25) is 4.90 Å². The largest absolute Gasteiger partial charge is 0.494 e. The monoisotopic (exact) mass is 376 g/mol. The summed E-state index contributed by atoms with van der Waals surface area (Å²) in [4.78, 5) is 15.8. The van der Waals surface area contributed by atoms with Gasteiger partial charge in [-0.05, 0) is 56.6 Å². The SMILES string of the molecule is C=CCN(C)CCCCCCOc1ccc(N(C)C(=O)OCC(C)C)cc1. The third kappa shape index (κ3) is 10.0. The van der Waals surface area contributed by atoms with E-state index in [1.54, 1.807) is 7.05 Å². The van der Waals surface area contributed by atoms with Gasteiger partial charge in [-0.1, -0.05) is 32.8 Å². The number of amides is 1. The van der Waals surface area contributed by atoms with Crippen molar-refractivity contribution >= 4 is 11.8 Å². The molecule has 0 saturated heterocycles. The number of rotatable bonds is 13. The van der Waals surface area contributed by atoms with E-state index in [1.165, 1.54) is 24.2 Å². The highest BCUT2D eigenvalue weighted by molar-refractivity contribution is 5.86. The smallest absolute Gasteiger partial charge is 0.414 e. The first kappa shape index (κ1) is 23.0. The van der Waals surface area contributed by atoms with Crippen molar-refractivity contribution in [2.45, 2.75) is 39.5 Å². The third-order valence-electron chi connectivity index (χ3n) is 4.18. The van der Waals surface area contributed by atoms with Crippen LogP contribution in [0.15, 0.2) is 36.9 Å². The van der Waals surface area contributed by atoms with Gasteiger partial charge in [0.05, 0.1) is 13.2 Å². The zero-order valence-electron chi connectivity index (χ0n) is 17.4. The first-order valence-corrected chi connectivity index (χ1v) is 9.86. The number of hydrogen-bond acceptors (Lipinski definition) is 4. The maximum absolute atomic E-state index is 12.0. The third-order valence-corrected chi connectivity index (χ3v) is 4.18. The fourth-order valence-corrected chi connectivity index (χ4v) is 2.55. The Kier molecular flexibility index (Phi) is 11.3. The molecule has 0 fully saturated rings. The molecule has 5 nitrogen and oxygen atoms in total. The Morgan fingerprint density at radius 3 is 2.41 bits per heavy atom. The normalized spacial score (nSPS) is 10.9. The molecule has 0 spiro atoms. The second-order valence-electron chi connectivity index (χ2n) is 7.34. The molecule has 0 heterocycles. The predicted molar refractivity (Wildman–Crippen MR) is 113 cm³/mol. The lowest BCUT2D eigenvalue weighted by Crippen LogP contribution is -2.28. The van der Waals surface area contributed by atoms with Crippen molar-refractivity contribution < 1.29 is 14.3 Å². The lowest BCUT2D eigenvalue weighted by molar-refractivity contribution is 0.141. The van der Waals surface area contributed by atoms with E-state index >= 15 is 0 Å². The van der Waals surface area contributed by atoms with Crippen LogP contribution < -0.4 is 9.64 Å². The molecule has 5 heteroatoms. The average Bonchev–Trinajstić information content (AvgIpc) is 2.65. The van der Waals surface area contributed by atoms with E-state index in [0.717, 1.165) is 30.9 Å². The Labute approximate surface area is 164 Å². The second-order valence-corrected chi connectivity index (χ2v) is 7.34. The van der Waals surface area contributed by atoms with Gasteiger partial charge >= 0.3 is 6.09 Å². The average molecular weight is 377 g/mol. The fourth-order valence-electron chi connectivity index (χ4n) is 2.55. The molecule has 152 valence electrons. The molecule has 0 N–H and O–H groups in total. The van der Waals surface area contributed by atoms with Crippen LogP contribution in [-0.2, 0) is 4.74 Å². The van der Waals surface area contributed by atoms with Gasteiger partial charge in [0.1, 0.15) is 5.75 Å². The Hall–Kier alpha value is -2.01. The van der Waals surface area contributed by atoms with Crippen LogP contribution in [0.2, 0.25) is 0 Å². The Bertz CT molecular complexity index is 543. The number of likely N-dealkylation sites (N-methyl/N-ethyl adjacent to an activating group) is 1. The minimum atomic E-state index is -0.337. The molecule has 1 amide bonds. The van der Waals surface area contributed by atoms with Crippen molar-refractivity contribution in [1.82, 2.24) is 4.90 Å². The van der Waals surface area contributed by atoms with Crippen molar-refractivity contribution in [1.29, 1.82) is 0 Å². The maximum atomic E-state index is 12.0. The summed E-state index contributed by atoms with van der Waals surface area (Å²) in [7, 11) is 3.83. The summed E-state index contributed by atoms with van der Waals surface area (Å²) in [5.41, 5.74) is 0.791. The summed E-state index contributed by atoms with van der Waals surface area (Å²) in [5.74, 6) is 1.15. The summed E-state index contributed by atoms with van der Waals surface area (Å²) < 4.78 is 11.0. The van der Waals surface area contributed by atoms with Gasteiger partial charge in [-0.15, -0.1) is 6.58 Å². The molecule has 0 unspecified atom stereocenters. The molecule has 0 bridgehead atoms. The molecule has 0 atom stereocenters. The molecule has 0 radical (unpaired) electrons. The fraction of sp³-hybridized carbons (Fsp3) is 0.591. The van der Waals surface area contributed by atoms with E-state index in [4.69, 9.17) is 9.47 Å². The van der Waals surface area contributed by atoms with E-state index < -0.39 is 0 Å². The van der Waals surface area contributed by atoms with Crippen LogP contribution >= 0.6 is 0 Å². The quantitative estimate of drug-likeness (QED) is 0.360. The summed E-state index contributed by atoms with van der Waals surface area (Å²) in [5, 5.41) is 0. The summed E-state index contributed by atoms with van der Waals surface area (Å²) in [6.45, 7) is 11.0. The van der Waals surface area contributed by atoms with Crippen molar-refractivity contribution in [3.8, 4) is 5.75 Å². The van der Waals surface area contributed by atoms with Crippen molar-refractivity contribution in [2.75, 3.05) is 45.3 Å². The van der Waals surface area contributed by atoms with Gasteiger partial charge in [-0.2, -0.15) is 0 Å². The van der Waals surface area contributed by atoms with E-state index in [2.05, 4.69) is 18.5 Å². The van der Waals surface area contributed by atoms with Crippen molar-refractivity contribution in [3.63, 3.8) is 0 Å². The number of anilines is 1. The zero-order valence-corrected chi connectivity index (χ0v) is 17.4. The van der Waals surface area contributed by atoms with Crippen LogP contribution in [-0.4, -0.2) is 51.4 Å². The molecule has 1 aromatic carbocycles. The number of unbranched alkanes of at least 4 members (excludes halogenated alkanes) is 3. The Morgan fingerprint density at radius 2 is 1.78 bits per heavy atom. The maximum Gasteiger partial charge on any atom is 0.414 e. The van der Waals surface area contributed by atoms with Crippen LogP contribution in [0.25, 0.3) is 0 Å². The van der Waals surface area contributed by atoms with Gasteiger partial charge < -0.3 is 14.4 Å². The van der Waals surface area contributed by atoms with Crippen molar-refractivity contribution in [3.05, 3.63) is 36.9 Å². The van der Waals surface area contributed by atoms with Crippen LogP contribution in [0.5, 0.6) is 5.75 Å². The number of ether oxygens (including phenoxy) is 2. The number of hydrogen-bond donors (Lipinski definition) is 0. The summed E-state index contributed by atoms with van der Waals surface area (Å²) in [6.07, 6.45) is 6.24. The number of carbonyl (C=O) groups excluding carboxylic acids is 1. The molecular formula is C22H36N2O3. The molecule has 0 aliphatic rings. The summed E-state index contributed by atoms with van der Waals surface area (Å²) >= 11 is 0. The van der Waals surface area contributed by atoms with Crippen LogP contribution in [0.4, 0.5) is 10.5 Å².